The number of ether oxygens (including phenoxy) is 1. The Morgan fingerprint density at radius 1 is 1.11 bits per heavy atom. The molecule has 7 nitrogen and oxygen atoms in total. The summed E-state index contributed by atoms with van der Waals surface area (Å²) >= 11 is 1.34. The molecule has 8 heteroatoms. The van der Waals surface area contributed by atoms with E-state index in [0.717, 1.165) is 16.9 Å². The van der Waals surface area contributed by atoms with Crippen LogP contribution in [0.4, 0.5) is 0 Å². The molecule has 138 valence electrons. The average molecular weight is 389 g/mol. The normalized spacial score (nSPS) is 10.7. The number of aromatic amines is 2. The van der Waals surface area contributed by atoms with Crippen LogP contribution in [0.25, 0.3) is 22.3 Å². The highest BCUT2D eigenvalue weighted by Gasteiger charge is 2.14. The topological polar surface area (TPSA) is 107 Å². The number of aromatic nitrogens is 4. The standard InChI is InChI=1S/C20H15N5O2S/c1-27-13-8-6-12(7-9-13)18-14(10-21)19(26)25-20(24-18)28-11-17-22-15-4-2-3-5-16(15)23-17/h2-9H,11H2,1H3,(H,22,23)(H,24,25,26). The maximum absolute atomic E-state index is 12.4. The lowest BCUT2D eigenvalue weighted by molar-refractivity contribution is 0.415. The molecule has 0 bridgehead atoms. The van der Waals surface area contributed by atoms with Crippen LogP contribution in [-0.4, -0.2) is 27.0 Å². The first-order valence-electron chi connectivity index (χ1n) is 8.43. The molecule has 0 saturated heterocycles. The van der Waals surface area contributed by atoms with Crippen molar-refractivity contribution >= 4 is 22.8 Å². The Morgan fingerprint density at radius 3 is 2.61 bits per heavy atom. The zero-order valence-electron chi connectivity index (χ0n) is 14.9. The maximum Gasteiger partial charge on any atom is 0.270 e. The highest BCUT2D eigenvalue weighted by Crippen LogP contribution is 2.25. The van der Waals surface area contributed by atoms with E-state index in [-0.39, 0.29) is 5.56 Å². The van der Waals surface area contributed by atoms with Crippen LogP contribution in [0, 0.1) is 11.3 Å². The summed E-state index contributed by atoms with van der Waals surface area (Å²) in [6, 6.07) is 16.8. The second-order valence-corrected chi connectivity index (χ2v) is 6.89. The van der Waals surface area contributed by atoms with Gasteiger partial charge in [-0.25, -0.2) is 9.97 Å². The largest absolute Gasteiger partial charge is 0.497 e. The number of methoxy groups -OCH3 is 1. The Balaban J connectivity index is 1.64. The third-order valence-corrected chi connectivity index (χ3v) is 5.04. The number of hydrogen-bond acceptors (Lipinski definition) is 6. The van der Waals surface area contributed by atoms with Crippen molar-refractivity contribution < 1.29 is 4.74 Å². The van der Waals surface area contributed by atoms with E-state index in [1.165, 1.54) is 11.8 Å². The van der Waals surface area contributed by atoms with Gasteiger partial charge in [-0.05, 0) is 36.4 Å². The molecule has 2 heterocycles. The third-order valence-electron chi connectivity index (χ3n) is 4.16. The van der Waals surface area contributed by atoms with E-state index in [1.54, 1.807) is 31.4 Å². The number of para-hydroxylation sites is 2. The fourth-order valence-electron chi connectivity index (χ4n) is 2.79. The number of H-pyrrole nitrogens is 2. The molecule has 0 fully saturated rings. The minimum atomic E-state index is -0.463. The number of fused-ring (bicyclic) bond motifs is 1. The van der Waals surface area contributed by atoms with Gasteiger partial charge in [-0.3, -0.25) is 4.79 Å². The first-order valence-corrected chi connectivity index (χ1v) is 9.42. The van der Waals surface area contributed by atoms with Gasteiger partial charge in [0.15, 0.2) is 5.16 Å². The first-order chi connectivity index (χ1) is 13.7. The van der Waals surface area contributed by atoms with Crippen molar-refractivity contribution in [3.05, 3.63) is 70.3 Å². The number of thioether (sulfide) groups is 1. The van der Waals surface area contributed by atoms with Crippen LogP contribution in [0.3, 0.4) is 0 Å². The third kappa shape index (κ3) is 3.48. The predicted octanol–water partition coefficient (Wildman–Crippen LogP) is 3.49. The van der Waals surface area contributed by atoms with E-state index in [0.29, 0.717) is 27.9 Å². The van der Waals surface area contributed by atoms with E-state index in [4.69, 9.17) is 4.74 Å². The highest BCUT2D eigenvalue weighted by atomic mass is 32.2. The second kappa shape index (κ2) is 7.58. The number of hydrogen-bond donors (Lipinski definition) is 2. The smallest absolute Gasteiger partial charge is 0.270 e. The Morgan fingerprint density at radius 2 is 1.89 bits per heavy atom. The Kier molecular flexibility index (Phi) is 4.83. The summed E-state index contributed by atoms with van der Waals surface area (Å²) in [6.45, 7) is 0. The number of benzene rings is 2. The van der Waals surface area contributed by atoms with Gasteiger partial charge in [0, 0.05) is 5.56 Å². The van der Waals surface area contributed by atoms with Crippen molar-refractivity contribution in [3.8, 4) is 23.1 Å². The van der Waals surface area contributed by atoms with Crippen molar-refractivity contribution in [3.63, 3.8) is 0 Å². The molecular formula is C20H15N5O2S. The summed E-state index contributed by atoms with van der Waals surface area (Å²) in [7, 11) is 1.58. The second-order valence-electron chi connectivity index (χ2n) is 5.92. The van der Waals surface area contributed by atoms with Crippen LogP contribution < -0.4 is 10.3 Å². The molecule has 4 rings (SSSR count). The van der Waals surface area contributed by atoms with Crippen molar-refractivity contribution in [2.75, 3.05) is 7.11 Å². The monoisotopic (exact) mass is 389 g/mol. The number of imidazole rings is 1. The van der Waals surface area contributed by atoms with Gasteiger partial charge in [-0.15, -0.1) is 0 Å². The van der Waals surface area contributed by atoms with E-state index >= 15 is 0 Å². The fraction of sp³-hybridized carbons (Fsp3) is 0.100. The minimum Gasteiger partial charge on any atom is -0.497 e. The zero-order valence-corrected chi connectivity index (χ0v) is 15.7. The molecule has 0 unspecified atom stereocenters. The number of rotatable bonds is 5. The molecule has 2 aromatic carbocycles. The molecule has 0 saturated carbocycles. The molecule has 0 aliphatic rings. The quantitative estimate of drug-likeness (QED) is 0.400. The van der Waals surface area contributed by atoms with E-state index in [1.807, 2.05) is 30.3 Å². The van der Waals surface area contributed by atoms with E-state index in [9.17, 15) is 10.1 Å². The lowest BCUT2D eigenvalue weighted by Crippen LogP contribution is -2.14. The summed E-state index contributed by atoms with van der Waals surface area (Å²) in [6.07, 6.45) is 0. The van der Waals surface area contributed by atoms with Crippen molar-refractivity contribution in [1.29, 1.82) is 5.26 Å². The number of nitriles is 1. The van der Waals surface area contributed by atoms with Gasteiger partial charge in [-0.1, -0.05) is 23.9 Å². The van der Waals surface area contributed by atoms with Gasteiger partial charge in [0.2, 0.25) is 0 Å². The molecule has 0 atom stereocenters. The summed E-state index contributed by atoms with van der Waals surface area (Å²) < 4.78 is 5.15. The maximum atomic E-state index is 12.4. The van der Waals surface area contributed by atoms with Crippen molar-refractivity contribution in [2.24, 2.45) is 0 Å². The molecule has 0 aliphatic heterocycles. The molecule has 2 aromatic heterocycles. The van der Waals surface area contributed by atoms with Gasteiger partial charge < -0.3 is 14.7 Å². The van der Waals surface area contributed by atoms with Gasteiger partial charge in [0.25, 0.3) is 5.56 Å². The average Bonchev–Trinajstić information content (AvgIpc) is 3.15. The molecule has 28 heavy (non-hydrogen) atoms. The van der Waals surface area contributed by atoms with Crippen LogP contribution in [0.5, 0.6) is 5.75 Å². The van der Waals surface area contributed by atoms with E-state index in [2.05, 4.69) is 19.9 Å². The minimum absolute atomic E-state index is 0.0155. The van der Waals surface area contributed by atoms with Crippen LogP contribution in [-0.2, 0) is 5.75 Å². The zero-order chi connectivity index (χ0) is 19.5. The molecule has 0 radical (unpaired) electrons. The summed E-state index contributed by atoms with van der Waals surface area (Å²) in [4.78, 5) is 27.3. The van der Waals surface area contributed by atoms with Crippen LogP contribution in [0.15, 0.2) is 58.5 Å². The lowest BCUT2D eigenvalue weighted by atomic mass is 10.1. The Bertz CT molecular complexity index is 1210. The molecule has 0 spiro atoms. The summed E-state index contributed by atoms with van der Waals surface area (Å²) in [5, 5.41) is 9.81. The summed E-state index contributed by atoms with van der Waals surface area (Å²) in [5.41, 5.74) is 2.39. The first kappa shape index (κ1) is 17.8. The van der Waals surface area contributed by atoms with Crippen molar-refractivity contribution in [1.82, 2.24) is 19.9 Å². The predicted molar refractivity (Wildman–Crippen MR) is 107 cm³/mol. The highest BCUT2D eigenvalue weighted by molar-refractivity contribution is 7.98. The molecular weight excluding hydrogens is 374 g/mol. The SMILES string of the molecule is COc1ccc(-c2nc(SCc3nc4ccccc4[nH]3)[nH]c(=O)c2C#N)cc1. The Hall–Kier alpha value is -3.57. The summed E-state index contributed by atoms with van der Waals surface area (Å²) in [5.74, 6) is 1.97. The number of nitrogens with zero attached hydrogens (tertiary/aromatic N) is 3. The molecule has 2 N–H and O–H groups in total. The molecule has 0 aliphatic carbocycles. The molecule has 4 aromatic rings. The van der Waals surface area contributed by atoms with Gasteiger partial charge in [-0.2, -0.15) is 5.26 Å². The van der Waals surface area contributed by atoms with E-state index < -0.39 is 5.56 Å². The van der Waals surface area contributed by atoms with Crippen LogP contribution in [0.2, 0.25) is 0 Å². The van der Waals surface area contributed by atoms with Gasteiger partial charge >= 0.3 is 0 Å². The lowest BCUT2D eigenvalue weighted by Gasteiger charge is -2.07. The van der Waals surface area contributed by atoms with Crippen LogP contribution in [0.1, 0.15) is 11.4 Å². The van der Waals surface area contributed by atoms with Gasteiger partial charge in [0.05, 0.1) is 29.6 Å². The van der Waals surface area contributed by atoms with Gasteiger partial charge in [0.1, 0.15) is 23.2 Å². The molecule has 0 amide bonds. The van der Waals surface area contributed by atoms with Crippen LogP contribution >= 0.6 is 11.8 Å². The fourth-order valence-corrected chi connectivity index (χ4v) is 3.52. The Labute approximate surface area is 164 Å². The number of nitrogens with one attached hydrogen (secondary N) is 2. The van der Waals surface area contributed by atoms with Crippen molar-refractivity contribution in [2.45, 2.75) is 10.9 Å².